The number of halogens is 2. The summed E-state index contributed by atoms with van der Waals surface area (Å²) in [5.41, 5.74) is -2.19. The number of ether oxygens (including phenoxy) is 4. The van der Waals surface area contributed by atoms with Crippen LogP contribution in [0, 0.1) is 0 Å². The fourth-order valence-electron chi connectivity index (χ4n) is 4.48. The summed E-state index contributed by atoms with van der Waals surface area (Å²) in [6.07, 6.45) is 0. The van der Waals surface area contributed by atoms with Gasteiger partial charge in [-0.1, -0.05) is 23.2 Å². The van der Waals surface area contributed by atoms with E-state index in [-0.39, 0.29) is 61.8 Å². The van der Waals surface area contributed by atoms with Crippen molar-refractivity contribution in [3.05, 3.63) is 68.2 Å². The Hall–Kier alpha value is -3.82. The van der Waals surface area contributed by atoms with Gasteiger partial charge in [0.1, 0.15) is 34.3 Å². The van der Waals surface area contributed by atoms with Crippen LogP contribution >= 0.6 is 23.2 Å². The first kappa shape index (κ1) is 22.0. The van der Waals surface area contributed by atoms with Gasteiger partial charge < -0.3 is 34.3 Å². The van der Waals surface area contributed by atoms with E-state index in [0.29, 0.717) is 0 Å². The molecule has 0 saturated carbocycles. The van der Waals surface area contributed by atoms with Crippen molar-refractivity contribution in [1.82, 2.24) is 0 Å². The Kier molecular flexibility index (Phi) is 4.75. The molecular weight excluding hydrogens is 491 g/mol. The predicted octanol–water partition coefficient (Wildman–Crippen LogP) is 4.69. The zero-order valence-electron chi connectivity index (χ0n) is 17.4. The van der Waals surface area contributed by atoms with Crippen LogP contribution in [0.15, 0.2) is 30.3 Å². The second-order valence-corrected chi connectivity index (χ2v) is 8.22. The van der Waals surface area contributed by atoms with Gasteiger partial charge in [0.2, 0.25) is 5.60 Å². The van der Waals surface area contributed by atoms with E-state index in [1.165, 1.54) is 44.6 Å². The van der Waals surface area contributed by atoms with Crippen LogP contribution in [0.25, 0.3) is 0 Å². The topological polar surface area (TPSA) is 132 Å². The van der Waals surface area contributed by atoms with Crippen molar-refractivity contribution < 1.29 is 43.9 Å². The molecule has 3 aromatic rings. The Morgan fingerprint density at radius 2 is 1.68 bits per heavy atom. The maximum absolute atomic E-state index is 13.3. The predicted molar refractivity (Wildman–Crippen MR) is 118 cm³/mol. The minimum atomic E-state index is -1.84. The van der Waals surface area contributed by atoms with Crippen molar-refractivity contribution in [2.24, 2.45) is 0 Å². The van der Waals surface area contributed by atoms with Crippen LogP contribution in [0.3, 0.4) is 0 Å². The van der Waals surface area contributed by atoms with Gasteiger partial charge in [0.05, 0.1) is 35.4 Å². The number of carbonyl (C=O) groups excluding carboxylic acids is 1. The first-order valence-corrected chi connectivity index (χ1v) is 10.4. The van der Waals surface area contributed by atoms with Gasteiger partial charge in [0.15, 0.2) is 5.75 Å². The van der Waals surface area contributed by atoms with Gasteiger partial charge in [-0.25, -0.2) is 9.59 Å². The molecule has 2 aliphatic rings. The van der Waals surface area contributed by atoms with E-state index in [9.17, 15) is 24.9 Å². The summed E-state index contributed by atoms with van der Waals surface area (Å²) in [7, 11) is 2.55. The zero-order valence-corrected chi connectivity index (χ0v) is 18.9. The van der Waals surface area contributed by atoms with Gasteiger partial charge >= 0.3 is 11.9 Å². The molecule has 2 heterocycles. The van der Waals surface area contributed by atoms with Crippen LogP contribution < -0.4 is 14.2 Å². The van der Waals surface area contributed by atoms with E-state index < -0.39 is 28.1 Å². The number of carbonyl (C=O) groups is 2. The molecule has 0 aliphatic carbocycles. The Bertz CT molecular complexity index is 1430. The molecule has 11 heteroatoms. The molecule has 0 amide bonds. The van der Waals surface area contributed by atoms with Crippen LogP contribution in [0.4, 0.5) is 0 Å². The van der Waals surface area contributed by atoms with Gasteiger partial charge in [0.25, 0.3) is 0 Å². The van der Waals surface area contributed by atoms with Crippen LogP contribution in [0.5, 0.6) is 34.5 Å². The van der Waals surface area contributed by atoms with Crippen molar-refractivity contribution in [2.45, 2.75) is 5.60 Å². The molecular formula is C23H14Cl2O9. The molecule has 3 N–H and O–H groups in total. The number of methoxy groups -OCH3 is 2. The number of fused-ring (bicyclic) bond motifs is 6. The largest absolute Gasteiger partial charge is 0.508 e. The highest BCUT2D eigenvalue weighted by atomic mass is 35.5. The fourth-order valence-corrected chi connectivity index (χ4v) is 5.22. The monoisotopic (exact) mass is 504 g/mol. The van der Waals surface area contributed by atoms with Crippen molar-refractivity contribution in [1.29, 1.82) is 0 Å². The first-order chi connectivity index (χ1) is 16.1. The highest BCUT2D eigenvalue weighted by molar-refractivity contribution is 6.41. The number of carboxylic acids is 1. The fraction of sp³-hybridized carbons (Fsp3) is 0.130. The second-order valence-electron chi connectivity index (χ2n) is 7.47. The number of carboxylic acid groups (broad SMARTS) is 1. The minimum Gasteiger partial charge on any atom is -0.508 e. The van der Waals surface area contributed by atoms with Crippen LogP contribution in [-0.4, -0.2) is 41.5 Å². The third-order valence-electron chi connectivity index (χ3n) is 5.74. The van der Waals surface area contributed by atoms with Gasteiger partial charge in [-0.3, -0.25) is 0 Å². The molecule has 1 unspecified atom stereocenters. The molecule has 0 bridgehead atoms. The highest BCUT2D eigenvalue weighted by Gasteiger charge is 2.58. The average Bonchev–Trinajstić information content (AvgIpc) is 3.08. The molecule has 0 aromatic heterocycles. The smallest absolute Gasteiger partial charge is 0.341 e. The van der Waals surface area contributed by atoms with Gasteiger partial charge in [-0.05, 0) is 12.1 Å². The molecule has 3 aromatic carbocycles. The minimum absolute atomic E-state index is 0.00602. The van der Waals surface area contributed by atoms with Crippen molar-refractivity contribution >= 4 is 35.1 Å². The van der Waals surface area contributed by atoms with Crippen molar-refractivity contribution in [3.63, 3.8) is 0 Å². The van der Waals surface area contributed by atoms with E-state index >= 15 is 0 Å². The van der Waals surface area contributed by atoms with Gasteiger partial charge in [0, 0.05) is 29.3 Å². The van der Waals surface area contributed by atoms with Crippen LogP contribution in [0.1, 0.15) is 37.4 Å². The van der Waals surface area contributed by atoms with Gasteiger partial charge in [-0.2, -0.15) is 0 Å². The number of esters is 1. The highest BCUT2D eigenvalue weighted by Crippen LogP contribution is 2.63. The summed E-state index contributed by atoms with van der Waals surface area (Å²) in [6.45, 7) is 0. The maximum Gasteiger partial charge on any atom is 0.341 e. The van der Waals surface area contributed by atoms with Crippen molar-refractivity contribution in [3.8, 4) is 34.5 Å². The van der Waals surface area contributed by atoms with Gasteiger partial charge in [-0.15, -0.1) is 0 Å². The van der Waals surface area contributed by atoms with E-state index in [4.69, 9.17) is 42.1 Å². The third-order valence-corrected chi connectivity index (χ3v) is 6.48. The number of hydrogen-bond acceptors (Lipinski definition) is 8. The van der Waals surface area contributed by atoms with E-state index in [2.05, 4.69) is 0 Å². The molecule has 2 aliphatic heterocycles. The summed E-state index contributed by atoms with van der Waals surface area (Å²) in [4.78, 5) is 25.2. The Morgan fingerprint density at radius 1 is 0.971 bits per heavy atom. The average molecular weight is 505 g/mol. The molecule has 0 radical (unpaired) electrons. The number of rotatable bonds is 3. The summed E-state index contributed by atoms with van der Waals surface area (Å²) >= 11 is 13.1. The lowest BCUT2D eigenvalue weighted by atomic mass is 9.76. The van der Waals surface area contributed by atoms with E-state index in [0.717, 1.165) is 0 Å². The van der Waals surface area contributed by atoms with Crippen molar-refractivity contribution in [2.75, 3.05) is 14.2 Å². The molecule has 174 valence electrons. The number of aromatic hydroxyl groups is 2. The van der Waals surface area contributed by atoms with Crippen LogP contribution in [-0.2, 0) is 10.3 Å². The molecule has 34 heavy (non-hydrogen) atoms. The SMILES string of the molecule is COc1cc(O)cc2c1C1(OC(=O)c3c(Cl)c(C(=O)O)c(OC)c(Cl)c31)c1ccc(O)cc1O2. The standard InChI is InChI=1S/C23H14Cl2O9/c1-31-12-6-9(27)7-13-16(12)23(10-4-3-8(26)5-11(10)33-13)17-14(22(30)34-23)18(24)15(21(28)29)20(32-2)19(17)25/h3-7,26-27H,1-2H3,(H,28,29). The number of benzene rings is 3. The van der Waals surface area contributed by atoms with E-state index in [1.54, 1.807) is 0 Å². The normalized spacial score (nSPS) is 17.4. The Labute approximate surface area is 201 Å². The number of aromatic carboxylic acids is 1. The quantitative estimate of drug-likeness (QED) is 0.434. The molecule has 0 saturated heterocycles. The van der Waals surface area contributed by atoms with Crippen LogP contribution in [0.2, 0.25) is 10.0 Å². The maximum atomic E-state index is 13.3. The Morgan fingerprint density at radius 3 is 2.32 bits per heavy atom. The van der Waals surface area contributed by atoms with E-state index in [1.807, 2.05) is 0 Å². The summed E-state index contributed by atoms with van der Waals surface area (Å²) in [5, 5.41) is 29.3. The lowest BCUT2D eigenvalue weighted by molar-refractivity contribution is 0.0216. The molecule has 9 nitrogen and oxygen atoms in total. The number of hydrogen-bond donors (Lipinski definition) is 3. The summed E-state index contributed by atoms with van der Waals surface area (Å²) < 4.78 is 22.6. The third kappa shape index (κ3) is 2.68. The molecule has 5 rings (SSSR count). The molecule has 1 spiro atoms. The number of phenolic OH excluding ortho intramolecular Hbond substituents is 2. The lowest BCUT2D eigenvalue weighted by Crippen LogP contribution is -2.34. The zero-order chi connectivity index (χ0) is 24.5. The summed E-state index contributed by atoms with van der Waals surface area (Å²) in [6, 6.07) is 6.67. The second kappa shape index (κ2) is 7.34. The number of phenols is 2. The Balaban J connectivity index is 2.01. The molecule has 1 atom stereocenters. The first-order valence-electron chi connectivity index (χ1n) is 9.64. The molecule has 0 fully saturated rings. The summed E-state index contributed by atoms with van der Waals surface area (Å²) in [5.74, 6) is -2.81. The lowest BCUT2D eigenvalue weighted by Gasteiger charge is -2.37.